The minimum absolute atomic E-state index is 0.0938. The van der Waals surface area contributed by atoms with Crippen LogP contribution < -0.4 is 4.90 Å². The van der Waals surface area contributed by atoms with Gasteiger partial charge in [-0.3, -0.25) is 9.48 Å². The molecule has 0 spiro atoms. The second kappa shape index (κ2) is 5.49. The molecule has 0 atom stereocenters. The van der Waals surface area contributed by atoms with Gasteiger partial charge in [-0.2, -0.15) is 5.10 Å². The van der Waals surface area contributed by atoms with Crippen LogP contribution in [0, 0.1) is 6.92 Å². The van der Waals surface area contributed by atoms with Crippen molar-refractivity contribution in [1.29, 1.82) is 0 Å². The number of sulfone groups is 1. The molecule has 3 rings (SSSR count). The Hall–Kier alpha value is -2.15. The molecule has 0 N–H and O–H groups in total. The van der Waals surface area contributed by atoms with E-state index in [1.165, 1.54) is 6.26 Å². The Balaban J connectivity index is 2.02. The molecule has 1 aliphatic rings. The third-order valence-electron chi connectivity index (χ3n) is 4.31. The van der Waals surface area contributed by atoms with Crippen LogP contribution in [-0.2, 0) is 23.3 Å². The maximum atomic E-state index is 12.8. The zero-order chi connectivity index (χ0) is 16.8. The minimum Gasteiger partial charge on any atom is -0.308 e. The van der Waals surface area contributed by atoms with Gasteiger partial charge in [0.15, 0.2) is 9.84 Å². The minimum atomic E-state index is -3.25. The number of amides is 1. The zero-order valence-corrected chi connectivity index (χ0v) is 14.2. The first-order valence-corrected chi connectivity index (χ1v) is 9.31. The van der Waals surface area contributed by atoms with Gasteiger partial charge in [0.25, 0.3) is 5.91 Å². The molecule has 1 amide bonds. The van der Waals surface area contributed by atoms with Crippen LogP contribution in [-0.4, -0.2) is 36.9 Å². The average molecular weight is 333 g/mol. The highest BCUT2D eigenvalue weighted by Gasteiger charge is 2.26. The Morgan fingerprint density at radius 3 is 2.65 bits per heavy atom. The van der Waals surface area contributed by atoms with E-state index in [0.717, 1.165) is 29.8 Å². The van der Waals surface area contributed by atoms with Crippen molar-refractivity contribution in [2.75, 3.05) is 17.7 Å². The Bertz CT molecular complexity index is 884. The third kappa shape index (κ3) is 2.76. The van der Waals surface area contributed by atoms with E-state index in [1.54, 1.807) is 41.0 Å². The molecule has 6 nitrogen and oxygen atoms in total. The van der Waals surface area contributed by atoms with E-state index in [-0.39, 0.29) is 5.91 Å². The van der Waals surface area contributed by atoms with Crippen molar-refractivity contribution < 1.29 is 13.2 Å². The van der Waals surface area contributed by atoms with E-state index < -0.39 is 9.84 Å². The Morgan fingerprint density at radius 2 is 2.04 bits per heavy atom. The molecular formula is C16H19N3O3S. The van der Waals surface area contributed by atoms with Gasteiger partial charge in [0.05, 0.1) is 16.7 Å². The molecule has 1 aromatic carbocycles. The molecule has 0 fully saturated rings. The van der Waals surface area contributed by atoms with Crippen LogP contribution in [0.2, 0.25) is 0 Å². The van der Waals surface area contributed by atoms with Crippen LogP contribution >= 0.6 is 0 Å². The van der Waals surface area contributed by atoms with Gasteiger partial charge < -0.3 is 4.90 Å². The molecule has 0 aliphatic carbocycles. The SMILES string of the molecule is Cc1c(C(=O)N2CCCc3cc(S(C)(=O)=O)ccc32)cnn1C. The quantitative estimate of drug-likeness (QED) is 0.839. The van der Waals surface area contributed by atoms with E-state index >= 15 is 0 Å². The normalized spacial score (nSPS) is 14.7. The number of aryl methyl sites for hydroxylation is 2. The van der Waals surface area contributed by atoms with E-state index in [1.807, 2.05) is 6.92 Å². The van der Waals surface area contributed by atoms with Crippen molar-refractivity contribution in [3.05, 3.63) is 41.2 Å². The molecule has 0 saturated heterocycles. The molecule has 7 heteroatoms. The number of hydrogen-bond acceptors (Lipinski definition) is 4. The predicted molar refractivity (Wildman–Crippen MR) is 87.5 cm³/mol. The van der Waals surface area contributed by atoms with E-state index in [9.17, 15) is 13.2 Å². The molecule has 23 heavy (non-hydrogen) atoms. The van der Waals surface area contributed by atoms with Crippen molar-refractivity contribution >= 4 is 21.4 Å². The smallest absolute Gasteiger partial charge is 0.261 e. The van der Waals surface area contributed by atoms with Crippen LogP contribution in [0.3, 0.4) is 0 Å². The summed E-state index contributed by atoms with van der Waals surface area (Å²) in [6, 6.07) is 4.98. The van der Waals surface area contributed by atoms with E-state index in [2.05, 4.69) is 5.10 Å². The topological polar surface area (TPSA) is 72.3 Å². The number of benzene rings is 1. The number of aromatic nitrogens is 2. The van der Waals surface area contributed by atoms with Crippen molar-refractivity contribution in [3.63, 3.8) is 0 Å². The van der Waals surface area contributed by atoms with Crippen molar-refractivity contribution in [2.45, 2.75) is 24.7 Å². The van der Waals surface area contributed by atoms with Gasteiger partial charge in [-0.1, -0.05) is 0 Å². The number of carbonyl (C=O) groups excluding carboxylic acids is 1. The summed E-state index contributed by atoms with van der Waals surface area (Å²) >= 11 is 0. The summed E-state index contributed by atoms with van der Waals surface area (Å²) in [6.45, 7) is 2.48. The molecule has 0 radical (unpaired) electrons. The van der Waals surface area contributed by atoms with Crippen LogP contribution in [0.4, 0.5) is 5.69 Å². The summed E-state index contributed by atoms with van der Waals surface area (Å²) in [7, 11) is -1.45. The fraction of sp³-hybridized carbons (Fsp3) is 0.375. The third-order valence-corrected chi connectivity index (χ3v) is 5.42. The lowest BCUT2D eigenvalue weighted by molar-refractivity contribution is 0.0984. The molecule has 1 aromatic heterocycles. The van der Waals surface area contributed by atoms with Crippen LogP contribution in [0.15, 0.2) is 29.3 Å². The number of fused-ring (bicyclic) bond motifs is 1. The predicted octanol–water partition coefficient (Wildman–Crippen LogP) is 1.73. The number of nitrogens with zero attached hydrogens (tertiary/aromatic N) is 3. The molecule has 122 valence electrons. The lowest BCUT2D eigenvalue weighted by Crippen LogP contribution is -2.35. The second-order valence-electron chi connectivity index (χ2n) is 5.89. The summed E-state index contributed by atoms with van der Waals surface area (Å²) < 4.78 is 25.1. The molecular weight excluding hydrogens is 314 g/mol. The summed E-state index contributed by atoms with van der Waals surface area (Å²) in [5.74, 6) is -0.0938. The maximum Gasteiger partial charge on any atom is 0.261 e. The lowest BCUT2D eigenvalue weighted by atomic mass is 10.0. The standard InChI is InChI=1S/C16H19N3O3S/c1-11-14(10-17-18(11)2)16(20)19-8-4-5-12-9-13(23(3,21)22)6-7-15(12)19/h6-7,9-10H,4-5,8H2,1-3H3. The van der Waals surface area contributed by atoms with E-state index in [0.29, 0.717) is 17.0 Å². The Kier molecular flexibility index (Phi) is 3.75. The summed E-state index contributed by atoms with van der Waals surface area (Å²) in [5.41, 5.74) is 3.08. The highest BCUT2D eigenvalue weighted by molar-refractivity contribution is 7.90. The number of rotatable bonds is 2. The zero-order valence-electron chi connectivity index (χ0n) is 13.4. The first kappa shape index (κ1) is 15.7. The second-order valence-corrected chi connectivity index (χ2v) is 7.91. The molecule has 0 saturated carbocycles. The monoisotopic (exact) mass is 333 g/mol. The molecule has 2 heterocycles. The van der Waals surface area contributed by atoms with Crippen LogP contribution in [0.1, 0.15) is 28.0 Å². The number of hydrogen-bond donors (Lipinski definition) is 0. The first-order chi connectivity index (χ1) is 10.8. The van der Waals surface area contributed by atoms with Gasteiger partial charge in [-0.25, -0.2) is 8.42 Å². The Morgan fingerprint density at radius 1 is 1.30 bits per heavy atom. The Labute approximate surface area is 135 Å². The van der Waals surface area contributed by atoms with Crippen LogP contribution in [0.25, 0.3) is 0 Å². The fourth-order valence-corrected chi connectivity index (χ4v) is 3.54. The first-order valence-electron chi connectivity index (χ1n) is 7.42. The maximum absolute atomic E-state index is 12.8. The van der Waals surface area contributed by atoms with Crippen molar-refractivity contribution in [3.8, 4) is 0 Å². The van der Waals surface area contributed by atoms with Gasteiger partial charge in [-0.05, 0) is 43.5 Å². The van der Waals surface area contributed by atoms with Crippen molar-refractivity contribution in [2.24, 2.45) is 7.05 Å². The molecule has 0 bridgehead atoms. The van der Waals surface area contributed by atoms with E-state index in [4.69, 9.17) is 0 Å². The van der Waals surface area contributed by atoms with Gasteiger partial charge in [-0.15, -0.1) is 0 Å². The van der Waals surface area contributed by atoms with Gasteiger partial charge in [0.2, 0.25) is 0 Å². The van der Waals surface area contributed by atoms with Crippen molar-refractivity contribution in [1.82, 2.24) is 9.78 Å². The van der Waals surface area contributed by atoms with Gasteiger partial charge in [0.1, 0.15) is 0 Å². The van der Waals surface area contributed by atoms with Crippen LogP contribution in [0.5, 0.6) is 0 Å². The van der Waals surface area contributed by atoms with Gasteiger partial charge in [0, 0.05) is 31.2 Å². The summed E-state index contributed by atoms with van der Waals surface area (Å²) in [4.78, 5) is 14.8. The molecule has 0 unspecified atom stereocenters. The lowest BCUT2D eigenvalue weighted by Gasteiger charge is -2.29. The number of anilines is 1. The average Bonchev–Trinajstić information content (AvgIpc) is 2.84. The highest BCUT2D eigenvalue weighted by Crippen LogP contribution is 2.30. The molecule has 1 aliphatic heterocycles. The largest absolute Gasteiger partial charge is 0.308 e. The van der Waals surface area contributed by atoms with Gasteiger partial charge >= 0.3 is 0 Å². The fourth-order valence-electron chi connectivity index (χ4n) is 2.87. The number of carbonyl (C=O) groups is 1. The summed E-state index contributed by atoms with van der Waals surface area (Å²) in [5, 5.41) is 4.12. The molecule has 2 aromatic rings. The highest BCUT2D eigenvalue weighted by atomic mass is 32.2. The summed E-state index contributed by atoms with van der Waals surface area (Å²) in [6.07, 6.45) is 4.36.